The van der Waals surface area contributed by atoms with Crippen molar-refractivity contribution in [3.8, 4) is 5.75 Å². The van der Waals surface area contributed by atoms with Gasteiger partial charge in [-0.05, 0) is 37.1 Å². The van der Waals surface area contributed by atoms with Crippen LogP contribution < -0.4 is 4.74 Å². The lowest BCUT2D eigenvalue weighted by atomic mass is 10.1. The smallest absolute Gasteiger partial charge is 0.409 e. The minimum atomic E-state index is -0.309. The zero-order valence-corrected chi connectivity index (χ0v) is 14.7. The Balaban J connectivity index is 1.87. The van der Waals surface area contributed by atoms with Gasteiger partial charge in [-0.1, -0.05) is 13.8 Å². The Labute approximate surface area is 143 Å². The van der Waals surface area contributed by atoms with Crippen LogP contribution >= 0.6 is 0 Å². The molecule has 0 bridgehead atoms. The van der Waals surface area contributed by atoms with Gasteiger partial charge in [0.25, 0.3) is 5.91 Å². The number of ether oxygens (including phenoxy) is 2. The Hall–Kier alpha value is -2.24. The number of hydrogen-bond donors (Lipinski definition) is 0. The number of carbonyl (C=O) groups excluding carboxylic acids is 2. The zero-order valence-electron chi connectivity index (χ0n) is 14.7. The van der Waals surface area contributed by atoms with Crippen molar-refractivity contribution in [1.29, 1.82) is 0 Å². The highest BCUT2D eigenvalue weighted by atomic mass is 16.6. The molecular weight excluding hydrogens is 308 g/mol. The van der Waals surface area contributed by atoms with Crippen molar-refractivity contribution in [2.45, 2.75) is 20.8 Å². The van der Waals surface area contributed by atoms with Crippen LogP contribution in [0.4, 0.5) is 4.79 Å². The van der Waals surface area contributed by atoms with E-state index in [0.29, 0.717) is 50.9 Å². The Morgan fingerprint density at radius 2 is 1.62 bits per heavy atom. The van der Waals surface area contributed by atoms with Gasteiger partial charge in [-0.2, -0.15) is 0 Å². The first-order valence-electron chi connectivity index (χ1n) is 8.45. The highest BCUT2D eigenvalue weighted by Crippen LogP contribution is 2.16. The quantitative estimate of drug-likeness (QED) is 0.830. The molecule has 0 N–H and O–H groups in total. The molecule has 24 heavy (non-hydrogen) atoms. The molecule has 132 valence electrons. The van der Waals surface area contributed by atoms with E-state index < -0.39 is 0 Å². The number of rotatable bonds is 5. The molecule has 1 saturated heterocycles. The lowest BCUT2D eigenvalue weighted by molar-refractivity contribution is 0.0570. The highest BCUT2D eigenvalue weighted by molar-refractivity contribution is 5.94. The van der Waals surface area contributed by atoms with Crippen molar-refractivity contribution in [1.82, 2.24) is 9.80 Å². The van der Waals surface area contributed by atoms with Crippen LogP contribution in [0.25, 0.3) is 0 Å². The molecule has 0 aromatic heterocycles. The van der Waals surface area contributed by atoms with Crippen LogP contribution in [0, 0.1) is 5.92 Å². The van der Waals surface area contributed by atoms with Crippen LogP contribution in [0.15, 0.2) is 24.3 Å². The van der Waals surface area contributed by atoms with Gasteiger partial charge in [0.15, 0.2) is 0 Å². The van der Waals surface area contributed by atoms with E-state index in [1.54, 1.807) is 28.9 Å². The molecule has 0 saturated carbocycles. The van der Waals surface area contributed by atoms with Gasteiger partial charge >= 0.3 is 6.09 Å². The maximum atomic E-state index is 12.5. The van der Waals surface area contributed by atoms with Crippen molar-refractivity contribution in [2.75, 3.05) is 39.4 Å². The van der Waals surface area contributed by atoms with Crippen LogP contribution in [0.1, 0.15) is 31.1 Å². The van der Waals surface area contributed by atoms with Crippen molar-refractivity contribution in [3.63, 3.8) is 0 Å². The third-order valence-electron chi connectivity index (χ3n) is 3.78. The van der Waals surface area contributed by atoms with Crippen molar-refractivity contribution < 1.29 is 19.1 Å². The van der Waals surface area contributed by atoms with E-state index in [9.17, 15) is 9.59 Å². The molecule has 0 spiro atoms. The average Bonchev–Trinajstić information content (AvgIpc) is 2.60. The number of carbonyl (C=O) groups is 2. The molecule has 6 heteroatoms. The summed E-state index contributed by atoms with van der Waals surface area (Å²) in [4.78, 5) is 27.6. The fourth-order valence-corrected chi connectivity index (χ4v) is 2.45. The summed E-state index contributed by atoms with van der Waals surface area (Å²) < 4.78 is 10.6. The number of hydrogen-bond acceptors (Lipinski definition) is 4. The first-order chi connectivity index (χ1) is 11.5. The molecule has 2 amide bonds. The van der Waals surface area contributed by atoms with Crippen molar-refractivity contribution in [3.05, 3.63) is 29.8 Å². The van der Waals surface area contributed by atoms with E-state index in [0.717, 1.165) is 5.75 Å². The molecule has 0 unspecified atom stereocenters. The largest absolute Gasteiger partial charge is 0.493 e. The van der Waals surface area contributed by atoms with Gasteiger partial charge in [0.1, 0.15) is 5.75 Å². The summed E-state index contributed by atoms with van der Waals surface area (Å²) in [6.07, 6.45) is -0.309. The molecule has 1 aromatic carbocycles. The van der Waals surface area contributed by atoms with E-state index in [2.05, 4.69) is 13.8 Å². The second-order valence-corrected chi connectivity index (χ2v) is 6.21. The number of piperazine rings is 1. The first kappa shape index (κ1) is 18.1. The average molecular weight is 334 g/mol. The van der Waals surface area contributed by atoms with E-state index >= 15 is 0 Å². The Bertz CT molecular complexity index is 549. The molecule has 0 atom stereocenters. The second kappa shape index (κ2) is 8.57. The lowest BCUT2D eigenvalue weighted by Crippen LogP contribution is -2.50. The first-order valence-corrected chi connectivity index (χ1v) is 8.45. The molecule has 1 aromatic rings. The van der Waals surface area contributed by atoms with E-state index in [-0.39, 0.29) is 12.0 Å². The topological polar surface area (TPSA) is 59.1 Å². The number of nitrogens with zero attached hydrogens (tertiary/aromatic N) is 2. The second-order valence-electron chi connectivity index (χ2n) is 6.21. The molecular formula is C18H26N2O4. The fourth-order valence-electron chi connectivity index (χ4n) is 2.45. The molecule has 1 heterocycles. The number of benzene rings is 1. The Morgan fingerprint density at radius 3 is 2.17 bits per heavy atom. The molecule has 1 aliphatic heterocycles. The van der Waals surface area contributed by atoms with Gasteiger partial charge < -0.3 is 19.3 Å². The Kier molecular flexibility index (Phi) is 6.46. The van der Waals surface area contributed by atoms with E-state index in [4.69, 9.17) is 9.47 Å². The zero-order chi connectivity index (χ0) is 17.5. The third-order valence-corrected chi connectivity index (χ3v) is 3.78. The highest BCUT2D eigenvalue weighted by Gasteiger charge is 2.25. The molecule has 0 radical (unpaired) electrons. The van der Waals surface area contributed by atoms with Gasteiger partial charge in [-0.15, -0.1) is 0 Å². The summed E-state index contributed by atoms with van der Waals surface area (Å²) in [5, 5.41) is 0. The molecule has 0 aliphatic carbocycles. The van der Waals surface area contributed by atoms with Crippen LogP contribution in [0.5, 0.6) is 5.75 Å². The maximum Gasteiger partial charge on any atom is 0.409 e. The molecule has 6 nitrogen and oxygen atoms in total. The maximum absolute atomic E-state index is 12.5. The van der Waals surface area contributed by atoms with Crippen LogP contribution in [0.3, 0.4) is 0 Å². The van der Waals surface area contributed by atoms with E-state index in [1.165, 1.54) is 0 Å². The van der Waals surface area contributed by atoms with E-state index in [1.807, 2.05) is 12.1 Å². The summed E-state index contributed by atoms with van der Waals surface area (Å²) in [5.41, 5.74) is 0.636. The monoisotopic (exact) mass is 334 g/mol. The van der Waals surface area contributed by atoms with Gasteiger partial charge in [0.05, 0.1) is 13.2 Å². The molecule has 2 rings (SSSR count). The summed E-state index contributed by atoms with van der Waals surface area (Å²) in [5.74, 6) is 1.21. The van der Waals surface area contributed by atoms with Gasteiger partial charge in [-0.25, -0.2) is 4.79 Å². The fraction of sp³-hybridized carbons (Fsp3) is 0.556. The summed E-state index contributed by atoms with van der Waals surface area (Å²) in [6.45, 7) is 9.02. The summed E-state index contributed by atoms with van der Waals surface area (Å²) in [7, 11) is 0. The van der Waals surface area contributed by atoms with Crippen molar-refractivity contribution in [2.24, 2.45) is 5.92 Å². The van der Waals surface area contributed by atoms with Crippen LogP contribution in [0.2, 0.25) is 0 Å². The molecule has 1 aliphatic rings. The van der Waals surface area contributed by atoms with Gasteiger partial charge in [-0.3, -0.25) is 4.79 Å². The summed E-state index contributed by atoms with van der Waals surface area (Å²) >= 11 is 0. The van der Waals surface area contributed by atoms with Crippen molar-refractivity contribution >= 4 is 12.0 Å². The van der Waals surface area contributed by atoms with Crippen LogP contribution in [-0.4, -0.2) is 61.2 Å². The SMILES string of the molecule is CCOC(=O)N1CCN(C(=O)c2ccc(OCC(C)C)cc2)CC1. The van der Waals surface area contributed by atoms with Gasteiger partial charge in [0.2, 0.25) is 0 Å². The standard InChI is InChI=1S/C18H26N2O4/c1-4-23-18(22)20-11-9-19(10-12-20)17(21)15-5-7-16(8-6-15)24-13-14(2)3/h5-8,14H,4,9-13H2,1-3H3. The summed E-state index contributed by atoms with van der Waals surface area (Å²) in [6, 6.07) is 7.22. The van der Waals surface area contributed by atoms with Crippen LogP contribution in [-0.2, 0) is 4.74 Å². The normalized spacial score (nSPS) is 14.7. The lowest BCUT2D eigenvalue weighted by Gasteiger charge is -2.34. The predicted octanol–water partition coefficient (Wildman–Crippen LogP) is 2.64. The minimum absolute atomic E-state index is 0.0195. The van der Waals surface area contributed by atoms with Gasteiger partial charge in [0, 0.05) is 31.7 Å². The minimum Gasteiger partial charge on any atom is -0.493 e. The predicted molar refractivity (Wildman–Crippen MR) is 91.3 cm³/mol. The third kappa shape index (κ3) is 4.88. The molecule has 1 fully saturated rings. The number of amides is 2. The Morgan fingerprint density at radius 1 is 1.04 bits per heavy atom.